The summed E-state index contributed by atoms with van der Waals surface area (Å²) >= 11 is 0. The van der Waals surface area contributed by atoms with E-state index >= 15 is 0 Å². The Bertz CT molecular complexity index is 593. The number of hydrogen-bond donors (Lipinski definition) is 1. The van der Waals surface area contributed by atoms with Gasteiger partial charge in [-0.05, 0) is 56.7 Å². The Kier molecular flexibility index (Phi) is 6.09. The highest BCUT2D eigenvalue weighted by Gasteiger charge is 2.34. The summed E-state index contributed by atoms with van der Waals surface area (Å²) in [6, 6.07) is 13.0. The van der Waals surface area contributed by atoms with Crippen LogP contribution in [0.4, 0.5) is 0 Å². The molecular weight excluding hydrogens is 310 g/mol. The lowest BCUT2D eigenvalue weighted by molar-refractivity contribution is -0.124. The van der Waals surface area contributed by atoms with E-state index in [2.05, 4.69) is 46.6 Å². The van der Waals surface area contributed by atoms with Crippen molar-refractivity contribution in [3.8, 4) is 6.07 Å². The molecule has 1 heterocycles. The van der Waals surface area contributed by atoms with E-state index in [0.29, 0.717) is 12.5 Å². The fourth-order valence-corrected chi connectivity index (χ4v) is 4.23. The number of nitrogens with zero attached hydrogens (tertiary/aromatic N) is 2. The number of piperidine rings is 1. The second-order valence-electron chi connectivity index (χ2n) is 7.71. The molecule has 0 aromatic heterocycles. The summed E-state index contributed by atoms with van der Waals surface area (Å²) < 4.78 is 0. The number of amides is 1. The van der Waals surface area contributed by atoms with Crippen LogP contribution in [0.5, 0.6) is 0 Å². The molecule has 3 rings (SSSR count). The predicted molar refractivity (Wildman–Crippen MR) is 98.9 cm³/mol. The van der Waals surface area contributed by atoms with Gasteiger partial charge in [-0.3, -0.25) is 9.69 Å². The van der Waals surface area contributed by atoms with E-state index in [1.54, 1.807) is 0 Å². The largest absolute Gasteiger partial charge is 0.337 e. The minimum Gasteiger partial charge on any atom is -0.337 e. The van der Waals surface area contributed by atoms with Crippen LogP contribution in [0.25, 0.3) is 0 Å². The van der Waals surface area contributed by atoms with E-state index in [1.807, 2.05) is 0 Å². The van der Waals surface area contributed by atoms with Crippen molar-refractivity contribution >= 4 is 5.91 Å². The molecule has 1 aliphatic carbocycles. The molecule has 0 radical (unpaired) electrons. The summed E-state index contributed by atoms with van der Waals surface area (Å²) in [6.45, 7) is 2.39. The number of nitriles is 1. The van der Waals surface area contributed by atoms with Gasteiger partial charge in [-0.1, -0.05) is 49.6 Å². The summed E-state index contributed by atoms with van der Waals surface area (Å²) in [5.74, 6) is 0.732. The number of rotatable bonds is 5. The molecule has 0 spiro atoms. The summed E-state index contributed by atoms with van der Waals surface area (Å²) in [5.41, 5.74) is 0.799. The van der Waals surface area contributed by atoms with Gasteiger partial charge >= 0.3 is 0 Å². The maximum atomic E-state index is 12.4. The van der Waals surface area contributed by atoms with Crippen LogP contribution >= 0.6 is 0 Å². The third-order valence-electron chi connectivity index (χ3n) is 5.74. The van der Waals surface area contributed by atoms with Crippen LogP contribution in [0.1, 0.15) is 50.5 Å². The van der Waals surface area contributed by atoms with Crippen LogP contribution < -0.4 is 5.32 Å². The van der Waals surface area contributed by atoms with Crippen molar-refractivity contribution in [3.05, 3.63) is 35.9 Å². The van der Waals surface area contributed by atoms with E-state index in [0.717, 1.165) is 58.0 Å². The van der Waals surface area contributed by atoms with Gasteiger partial charge in [0, 0.05) is 0 Å². The maximum Gasteiger partial charge on any atom is 0.235 e. The molecule has 134 valence electrons. The van der Waals surface area contributed by atoms with E-state index in [-0.39, 0.29) is 5.91 Å². The topological polar surface area (TPSA) is 56.1 Å². The number of carbonyl (C=O) groups is 1. The average molecular weight is 339 g/mol. The summed E-state index contributed by atoms with van der Waals surface area (Å²) in [4.78, 5) is 14.7. The fourth-order valence-electron chi connectivity index (χ4n) is 4.23. The van der Waals surface area contributed by atoms with Crippen molar-refractivity contribution in [2.24, 2.45) is 5.92 Å². The molecule has 25 heavy (non-hydrogen) atoms. The van der Waals surface area contributed by atoms with Gasteiger partial charge in [-0.25, -0.2) is 0 Å². The fraction of sp³-hybridized carbons (Fsp3) is 0.619. The molecule has 2 fully saturated rings. The summed E-state index contributed by atoms with van der Waals surface area (Å²) in [5, 5.41) is 12.5. The van der Waals surface area contributed by atoms with Crippen LogP contribution in [0.15, 0.2) is 30.3 Å². The van der Waals surface area contributed by atoms with Crippen LogP contribution in [-0.4, -0.2) is 36.0 Å². The van der Waals surface area contributed by atoms with Gasteiger partial charge in [-0.15, -0.1) is 0 Å². The van der Waals surface area contributed by atoms with Crippen molar-refractivity contribution < 1.29 is 4.79 Å². The van der Waals surface area contributed by atoms with Gasteiger partial charge in [0.2, 0.25) is 5.91 Å². The maximum absolute atomic E-state index is 12.4. The highest BCUT2D eigenvalue weighted by Crippen LogP contribution is 2.27. The minimum atomic E-state index is -0.610. The van der Waals surface area contributed by atoms with Gasteiger partial charge in [0.15, 0.2) is 0 Å². The monoisotopic (exact) mass is 339 g/mol. The standard InChI is InChI=1S/C21H29N3O/c22-17-21(11-5-2-6-12-21)23-20(25)16-24-13-9-19(10-14-24)15-18-7-3-1-4-8-18/h1,3-4,7-8,19H,2,5-6,9-16H2,(H,23,25). The predicted octanol–water partition coefficient (Wildman–Crippen LogP) is 3.28. The summed E-state index contributed by atoms with van der Waals surface area (Å²) in [6.07, 6.45) is 8.28. The zero-order chi connectivity index (χ0) is 17.5. The molecule has 1 saturated heterocycles. The first-order chi connectivity index (χ1) is 12.2. The number of likely N-dealkylation sites (tertiary alicyclic amines) is 1. The number of nitrogens with one attached hydrogen (secondary N) is 1. The van der Waals surface area contributed by atoms with Gasteiger partial charge in [0.25, 0.3) is 0 Å². The summed E-state index contributed by atoms with van der Waals surface area (Å²) in [7, 11) is 0. The molecular formula is C21H29N3O. The Morgan fingerprint density at radius 3 is 2.48 bits per heavy atom. The quantitative estimate of drug-likeness (QED) is 0.895. The van der Waals surface area contributed by atoms with Gasteiger partial charge in [0.1, 0.15) is 5.54 Å². The first-order valence-corrected chi connectivity index (χ1v) is 9.68. The molecule has 1 N–H and O–H groups in total. The van der Waals surface area contributed by atoms with Crippen molar-refractivity contribution in [3.63, 3.8) is 0 Å². The highest BCUT2D eigenvalue weighted by atomic mass is 16.2. The second kappa shape index (κ2) is 8.49. The molecule has 1 amide bonds. The van der Waals surface area contributed by atoms with Crippen molar-refractivity contribution in [2.45, 2.75) is 56.9 Å². The van der Waals surface area contributed by atoms with E-state index < -0.39 is 5.54 Å². The SMILES string of the molecule is N#CC1(NC(=O)CN2CCC(Cc3ccccc3)CC2)CCCCC1. The zero-order valence-corrected chi connectivity index (χ0v) is 15.0. The lowest BCUT2D eigenvalue weighted by atomic mass is 9.83. The smallest absolute Gasteiger partial charge is 0.235 e. The van der Waals surface area contributed by atoms with E-state index in [9.17, 15) is 10.1 Å². The van der Waals surface area contributed by atoms with Crippen molar-refractivity contribution in [1.29, 1.82) is 5.26 Å². The van der Waals surface area contributed by atoms with Crippen molar-refractivity contribution in [1.82, 2.24) is 10.2 Å². The van der Waals surface area contributed by atoms with Crippen LogP contribution in [0, 0.1) is 17.2 Å². The molecule has 4 nitrogen and oxygen atoms in total. The Hall–Kier alpha value is -1.86. The highest BCUT2D eigenvalue weighted by molar-refractivity contribution is 5.79. The van der Waals surface area contributed by atoms with Gasteiger partial charge in [0.05, 0.1) is 12.6 Å². The molecule has 4 heteroatoms. The Morgan fingerprint density at radius 1 is 1.16 bits per heavy atom. The number of carbonyl (C=O) groups excluding carboxylic acids is 1. The number of hydrogen-bond acceptors (Lipinski definition) is 3. The third kappa shape index (κ3) is 5.06. The molecule has 1 aromatic carbocycles. The second-order valence-corrected chi connectivity index (χ2v) is 7.71. The van der Waals surface area contributed by atoms with Crippen molar-refractivity contribution in [2.75, 3.05) is 19.6 Å². The normalized spacial score (nSPS) is 21.4. The Balaban J connectivity index is 1.42. The van der Waals surface area contributed by atoms with Crippen LogP contribution in [0.2, 0.25) is 0 Å². The first-order valence-electron chi connectivity index (χ1n) is 9.68. The zero-order valence-electron chi connectivity index (χ0n) is 15.0. The van der Waals surface area contributed by atoms with Gasteiger partial charge in [-0.2, -0.15) is 5.26 Å². The minimum absolute atomic E-state index is 0.0185. The Morgan fingerprint density at radius 2 is 1.84 bits per heavy atom. The van der Waals surface area contributed by atoms with Gasteiger partial charge < -0.3 is 5.32 Å². The van der Waals surface area contributed by atoms with E-state index in [1.165, 1.54) is 12.0 Å². The molecule has 1 saturated carbocycles. The number of benzene rings is 1. The average Bonchev–Trinajstić information content (AvgIpc) is 2.65. The third-order valence-corrected chi connectivity index (χ3v) is 5.74. The molecule has 0 unspecified atom stereocenters. The lowest BCUT2D eigenvalue weighted by Crippen LogP contribution is -2.52. The lowest BCUT2D eigenvalue weighted by Gasteiger charge is -2.34. The molecule has 1 aromatic rings. The first kappa shape index (κ1) is 17.9. The Labute approximate surface area is 151 Å². The molecule has 1 aliphatic heterocycles. The van der Waals surface area contributed by atoms with Crippen LogP contribution in [0.3, 0.4) is 0 Å². The molecule has 0 atom stereocenters. The molecule has 0 bridgehead atoms. The molecule has 2 aliphatic rings. The van der Waals surface area contributed by atoms with Crippen LogP contribution in [-0.2, 0) is 11.2 Å². The van der Waals surface area contributed by atoms with E-state index in [4.69, 9.17) is 0 Å².